The number of guanidine groups is 1. The lowest BCUT2D eigenvalue weighted by molar-refractivity contribution is 0.0242. The summed E-state index contributed by atoms with van der Waals surface area (Å²) < 4.78 is 5.81. The van der Waals surface area contributed by atoms with Gasteiger partial charge in [-0.3, -0.25) is 4.99 Å². The molecule has 2 rings (SSSR count). The molecule has 2 N–H and O–H groups in total. The second-order valence-corrected chi connectivity index (χ2v) is 7.18. The summed E-state index contributed by atoms with van der Waals surface area (Å²) in [5.74, 6) is 0.799. The average molecular weight is 481 g/mol. The molecule has 1 fully saturated rings. The third-order valence-corrected chi connectivity index (χ3v) is 4.75. The van der Waals surface area contributed by atoms with Crippen LogP contribution in [-0.4, -0.2) is 57.3 Å². The predicted octanol–water partition coefficient (Wildman–Crippen LogP) is 3.29. The Morgan fingerprint density at radius 1 is 1.32 bits per heavy atom. The summed E-state index contributed by atoms with van der Waals surface area (Å²) in [5, 5.41) is 7.55. The Kier molecular flexibility index (Phi) is 9.48. The van der Waals surface area contributed by atoms with Crippen LogP contribution in [0.3, 0.4) is 0 Å². The number of halogens is 2. The molecule has 0 bridgehead atoms. The van der Waals surface area contributed by atoms with Gasteiger partial charge >= 0.3 is 0 Å². The van der Waals surface area contributed by atoms with Gasteiger partial charge in [0.1, 0.15) is 0 Å². The lowest BCUT2D eigenvalue weighted by Crippen LogP contribution is -2.47. The van der Waals surface area contributed by atoms with Crippen LogP contribution in [0.1, 0.15) is 31.4 Å². The van der Waals surface area contributed by atoms with E-state index in [-0.39, 0.29) is 35.6 Å². The monoisotopic (exact) mass is 480 g/mol. The highest BCUT2D eigenvalue weighted by Crippen LogP contribution is 2.24. The molecular formula is C18H30ClIN4O. The van der Waals surface area contributed by atoms with Crippen LogP contribution in [0.5, 0.6) is 0 Å². The van der Waals surface area contributed by atoms with Crippen LogP contribution < -0.4 is 10.6 Å². The van der Waals surface area contributed by atoms with E-state index < -0.39 is 0 Å². The van der Waals surface area contributed by atoms with Crippen LogP contribution in [-0.2, 0) is 4.74 Å². The van der Waals surface area contributed by atoms with Gasteiger partial charge in [0.05, 0.1) is 11.6 Å². The van der Waals surface area contributed by atoms with Gasteiger partial charge in [0.25, 0.3) is 0 Å². The van der Waals surface area contributed by atoms with E-state index in [1.165, 1.54) is 5.56 Å². The van der Waals surface area contributed by atoms with Crippen molar-refractivity contribution in [3.05, 3.63) is 34.9 Å². The van der Waals surface area contributed by atoms with Crippen molar-refractivity contribution < 1.29 is 4.74 Å². The summed E-state index contributed by atoms with van der Waals surface area (Å²) in [7, 11) is 5.94. The second kappa shape index (κ2) is 10.5. The molecule has 0 aromatic heterocycles. The van der Waals surface area contributed by atoms with Gasteiger partial charge in [-0.2, -0.15) is 0 Å². The zero-order valence-electron chi connectivity index (χ0n) is 15.5. The van der Waals surface area contributed by atoms with Crippen LogP contribution in [0, 0.1) is 0 Å². The number of nitrogens with one attached hydrogen (secondary N) is 2. The summed E-state index contributed by atoms with van der Waals surface area (Å²) in [5.41, 5.74) is 1.13. The van der Waals surface area contributed by atoms with E-state index in [4.69, 9.17) is 16.3 Å². The Bertz CT molecular complexity index is 545. The third kappa shape index (κ3) is 6.92. The summed E-state index contributed by atoms with van der Waals surface area (Å²) in [6.45, 7) is 4.52. The van der Waals surface area contributed by atoms with E-state index in [0.29, 0.717) is 0 Å². The number of rotatable bonds is 6. The van der Waals surface area contributed by atoms with Crippen molar-refractivity contribution in [3.8, 4) is 0 Å². The molecule has 142 valence electrons. The zero-order chi connectivity index (χ0) is 17.6. The summed E-state index contributed by atoms with van der Waals surface area (Å²) in [4.78, 5) is 6.50. The van der Waals surface area contributed by atoms with Crippen molar-refractivity contribution in [1.29, 1.82) is 0 Å². The molecular weight excluding hydrogens is 451 g/mol. The van der Waals surface area contributed by atoms with Gasteiger partial charge < -0.3 is 20.3 Å². The van der Waals surface area contributed by atoms with Crippen molar-refractivity contribution in [3.63, 3.8) is 0 Å². The van der Waals surface area contributed by atoms with Crippen molar-refractivity contribution in [1.82, 2.24) is 15.5 Å². The Labute approximate surface area is 173 Å². The number of nitrogens with zero attached hydrogens (tertiary/aromatic N) is 2. The predicted molar refractivity (Wildman–Crippen MR) is 116 cm³/mol. The van der Waals surface area contributed by atoms with E-state index in [2.05, 4.69) is 53.7 Å². The zero-order valence-corrected chi connectivity index (χ0v) is 18.6. The summed E-state index contributed by atoms with van der Waals surface area (Å²) in [6.07, 6.45) is 2.21. The van der Waals surface area contributed by atoms with E-state index in [1.807, 2.05) is 12.1 Å². The molecule has 0 saturated carbocycles. The highest BCUT2D eigenvalue weighted by molar-refractivity contribution is 14.0. The Hall–Kier alpha value is -0.570. The maximum Gasteiger partial charge on any atom is 0.191 e. The van der Waals surface area contributed by atoms with E-state index in [1.54, 1.807) is 7.05 Å². The van der Waals surface area contributed by atoms with E-state index in [0.717, 1.165) is 43.5 Å². The lowest BCUT2D eigenvalue weighted by atomic mass is 10.0. The molecule has 25 heavy (non-hydrogen) atoms. The molecule has 2 unspecified atom stereocenters. The van der Waals surface area contributed by atoms with Crippen molar-refractivity contribution in [2.24, 2.45) is 4.99 Å². The van der Waals surface area contributed by atoms with Gasteiger partial charge in [-0.05, 0) is 51.6 Å². The first-order valence-electron chi connectivity index (χ1n) is 8.44. The van der Waals surface area contributed by atoms with Gasteiger partial charge in [-0.1, -0.05) is 23.7 Å². The summed E-state index contributed by atoms with van der Waals surface area (Å²) in [6, 6.07) is 8.23. The fourth-order valence-electron chi connectivity index (χ4n) is 2.94. The molecule has 0 aliphatic carbocycles. The minimum atomic E-state index is -0.0885. The maximum atomic E-state index is 5.99. The topological polar surface area (TPSA) is 48.9 Å². The number of ether oxygens (including phenoxy) is 1. The molecule has 2 atom stereocenters. The van der Waals surface area contributed by atoms with Gasteiger partial charge in [0, 0.05) is 31.8 Å². The largest absolute Gasteiger partial charge is 0.373 e. The normalized spacial score (nSPS) is 21.8. The molecule has 1 saturated heterocycles. The number of aliphatic imine (C=N–C) groups is 1. The molecule has 0 radical (unpaired) electrons. The minimum Gasteiger partial charge on any atom is -0.373 e. The molecule has 5 nitrogen and oxygen atoms in total. The van der Waals surface area contributed by atoms with Gasteiger partial charge in [-0.25, -0.2) is 0 Å². The van der Waals surface area contributed by atoms with Gasteiger partial charge in [0.15, 0.2) is 5.96 Å². The van der Waals surface area contributed by atoms with Crippen LogP contribution in [0.25, 0.3) is 0 Å². The number of hydrogen-bond donors (Lipinski definition) is 2. The minimum absolute atomic E-state index is 0. The fourth-order valence-corrected chi connectivity index (χ4v) is 3.07. The van der Waals surface area contributed by atoms with Crippen molar-refractivity contribution >= 4 is 41.5 Å². The Morgan fingerprint density at radius 2 is 2.00 bits per heavy atom. The molecule has 0 amide bonds. The van der Waals surface area contributed by atoms with Crippen LogP contribution in [0.4, 0.5) is 0 Å². The molecule has 1 heterocycles. The standard InChI is InChI=1S/C18H29ClN4O.HI/c1-18(10-5-11-24-18)13-22-17(20-2)21-12-16(23(3)4)14-6-8-15(19)9-7-14;/h6-9,16H,5,10-13H2,1-4H3,(H2,20,21,22);1H. The van der Waals surface area contributed by atoms with Crippen LogP contribution >= 0.6 is 35.6 Å². The van der Waals surface area contributed by atoms with Crippen LogP contribution in [0.2, 0.25) is 5.02 Å². The molecule has 7 heteroatoms. The third-order valence-electron chi connectivity index (χ3n) is 4.49. The highest BCUT2D eigenvalue weighted by Gasteiger charge is 2.29. The van der Waals surface area contributed by atoms with Crippen molar-refractivity contribution in [2.75, 3.05) is 40.8 Å². The molecule has 1 aromatic rings. The number of benzene rings is 1. The fraction of sp³-hybridized carbons (Fsp3) is 0.611. The van der Waals surface area contributed by atoms with E-state index >= 15 is 0 Å². The van der Waals surface area contributed by atoms with Gasteiger partial charge in [-0.15, -0.1) is 24.0 Å². The second-order valence-electron chi connectivity index (χ2n) is 6.74. The number of likely N-dealkylation sites (N-methyl/N-ethyl adjacent to an activating group) is 1. The molecule has 1 aliphatic rings. The quantitative estimate of drug-likeness (QED) is 0.373. The van der Waals surface area contributed by atoms with Crippen LogP contribution in [0.15, 0.2) is 29.3 Å². The lowest BCUT2D eigenvalue weighted by Gasteiger charge is -2.28. The molecule has 1 aromatic carbocycles. The smallest absolute Gasteiger partial charge is 0.191 e. The van der Waals surface area contributed by atoms with Crippen molar-refractivity contribution in [2.45, 2.75) is 31.4 Å². The molecule has 0 spiro atoms. The first kappa shape index (κ1) is 22.5. The average Bonchev–Trinajstić information content (AvgIpc) is 2.99. The SMILES string of the molecule is CN=C(NCC(c1ccc(Cl)cc1)N(C)C)NCC1(C)CCCO1.I. The van der Waals surface area contributed by atoms with Gasteiger partial charge in [0.2, 0.25) is 0 Å². The Morgan fingerprint density at radius 3 is 2.52 bits per heavy atom. The number of hydrogen-bond acceptors (Lipinski definition) is 3. The first-order valence-corrected chi connectivity index (χ1v) is 8.82. The Balaban J connectivity index is 0.00000312. The molecule has 1 aliphatic heterocycles. The highest BCUT2D eigenvalue weighted by atomic mass is 127. The first-order chi connectivity index (χ1) is 11.4. The maximum absolute atomic E-state index is 5.99. The summed E-state index contributed by atoms with van der Waals surface area (Å²) >= 11 is 5.99. The van der Waals surface area contributed by atoms with E-state index in [9.17, 15) is 0 Å².